The van der Waals surface area contributed by atoms with Gasteiger partial charge in [-0.25, -0.2) is 84.4 Å². The molecule has 0 saturated carbocycles. The van der Waals surface area contributed by atoms with Crippen LogP contribution in [0, 0.1) is 17.5 Å². The monoisotopic (exact) mass is 1650 g/mol. The summed E-state index contributed by atoms with van der Waals surface area (Å²) >= 11 is 7.39. The van der Waals surface area contributed by atoms with Crippen LogP contribution in [-0.2, 0) is 68.3 Å². The van der Waals surface area contributed by atoms with Crippen molar-refractivity contribution in [3.8, 4) is 0 Å². The average molecular weight is 1660 g/mol. The van der Waals surface area contributed by atoms with Crippen molar-refractivity contribution >= 4 is 103 Å². The molecule has 6 aliphatic rings. The number of morpholine rings is 1. The molecule has 12 rings (SSSR count). The highest BCUT2D eigenvalue weighted by Crippen LogP contribution is 2.44. The molecule has 6 N–H and O–H groups in total. The Balaban J connectivity index is 0.000000176. The van der Waals surface area contributed by atoms with Crippen molar-refractivity contribution in [2.45, 2.75) is 81.8 Å². The molecule has 9 heterocycles. The van der Waals surface area contributed by atoms with Crippen LogP contribution in [0.1, 0.15) is 72.4 Å². The number of aliphatic imine (C=N–C) groups is 3. The molecule has 27 nitrogen and oxygen atoms in total. The van der Waals surface area contributed by atoms with E-state index in [1.807, 2.05) is 10.3 Å². The van der Waals surface area contributed by atoms with Gasteiger partial charge < -0.3 is 59.7 Å². The van der Waals surface area contributed by atoms with Gasteiger partial charge in [0.1, 0.15) is 60.0 Å². The van der Waals surface area contributed by atoms with E-state index >= 15 is 0 Å². The van der Waals surface area contributed by atoms with Crippen molar-refractivity contribution in [2.24, 2.45) is 15.0 Å². The number of hydrogen-bond acceptors (Lipinski definition) is 27. The van der Waals surface area contributed by atoms with Crippen molar-refractivity contribution in [1.29, 1.82) is 0 Å². The number of nitrogens with one attached hydrogen (secondary N) is 3. The van der Waals surface area contributed by atoms with Gasteiger partial charge in [0.25, 0.3) is 11.8 Å². The summed E-state index contributed by atoms with van der Waals surface area (Å²) < 4.78 is 132. The van der Waals surface area contributed by atoms with Crippen LogP contribution >= 0.6 is 49.9 Å². The topological polar surface area (TPSA) is 340 Å². The molecule has 110 heavy (non-hydrogen) atoms. The second-order valence-corrected chi connectivity index (χ2v) is 28.9. The van der Waals surface area contributed by atoms with E-state index in [1.165, 1.54) is 104 Å². The van der Waals surface area contributed by atoms with Crippen molar-refractivity contribution < 1.29 is 103 Å². The molecule has 0 aliphatic carbocycles. The van der Waals surface area contributed by atoms with Crippen molar-refractivity contribution in [1.82, 2.24) is 45.6 Å². The van der Waals surface area contributed by atoms with E-state index in [0.717, 1.165) is 6.08 Å². The summed E-state index contributed by atoms with van der Waals surface area (Å²) in [6.07, 6.45) is 4.21. The number of carbonyl (C=O) groups excluding carboxylic acids is 3. The first-order chi connectivity index (χ1) is 52.4. The molecular formula is C72H74BrF7N12O15S3. The molecule has 0 amide bonds. The van der Waals surface area contributed by atoms with Crippen LogP contribution in [0.5, 0.6) is 0 Å². The number of benzene rings is 3. The number of carbonyl (C=O) groups is 6. The summed E-state index contributed by atoms with van der Waals surface area (Å²) in [5.41, 5.74) is 0.379. The van der Waals surface area contributed by atoms with Crippen LogP contribution in [0.25, 0.3) is 0 Å². The maximum Gasteiger partial charge on any atom is 0.338 e. The molecule has 6 aromatic rings. The van der Waals surface area contributed by atoms with Crippen LogP contribution in [0.2, 0.25) is 0 Å². The van der Waals surface area contributed by atoms with Crippen LogP contribution in [-0.4, -0.2) is 227 Å². The van der Waals surface area contributed by atoms with Gasteiger partial charge in [0.15, 0.2) is 32.5 Å². The minimum atomic E-state index is -3.30. The number of halogens is 8. The number of carboxylic acid groups (broad SMARTS) is 3. The van der Waals surface area contributed by atoms with Gasteiger partial charge in [-0.3, -0.25) is 19.7 Å². The number of carboxylic acids is 3. The number of alkyl halides is 4. The van der Waals surface area contributed by atoms with Gasteiger partial charge in [0.05, 0.1) is 68.9 Å². The molecule has 3 fully saturated rings. The van der Waals surface area contributed by atoms with Gasteiger partial charge in [-0.15, -0.1) is 34.0 Å². The van der Waals surface area contributed by atoms with Gasteiger partial charge in [0.2, 0.25) is 0 Å². The van der Waals surface area contributed by atoms with Crippen LogP contribution in [0.15, 0.2) is 167 Å². The summed E-state index contributed by atoms with van der Waals surface area (Å²) in [5.74, 6) is -12.6. The third-order valence-corrected chi connectivity index (χ3v) is 20.7. The molecule has 38 heteroatoms. The Bertz CT molecular complexity index is 4370. The molecule has 0 spiro atoms. The summed E-state index contributed by atoms with van der Waals surface area (Å²) in [5, 5.41) is 43.1. The number of thiazole rings is 3. The van der Waals surface area contributed by atoms with Crippen molar-refractivity contribution in [3.05, 3.63) is 201 Å². The normalized spacial score (nSPS) is 22.6. The Kier molecular flexibility index (Phi) is 27.6. The zero-order valence-corrected chi connectivity index (χ0v) is 63.4. The van der Waals surface area contributed by atoms with Crippen molar-refractivity contribution in [2.75, 3.05) is 98.6 Å². The van der Waals surface area contributed by atoms with Crippen LogP contribution in [0.3, 0.4) is 0 Å². The van der Waals surface area contributed by atoms with Gasteiger partial charge >= 0.3 is 35.8 Å². The number of amidine groups is 3. The minimum Gasteiger partial charge on any atom is -0.480 e. The Hall–Kier alpha value is -9.51. The summed E-state index contributed by atoms with van der Waals surface area (Å²) in [7, 11) is 0. The average Bonchev–Trinajstić information content (AvgIpc) is 1.05. The lowest BCUT2D eigenvalue weighted by molar-refractivity contribution is -0.153. The second-order valence-electron chi connectivity index (χ2n) is 25.3. The first-order valence-corrected chi connectivity index (χ1v) is 37.4. The van der Waals surface area contributed by atoms with E-state index in [1.54, 1.807) is 76.1 Å². The van der Waals surface area contributed by atoms with E-state index in [2.05, 4.69) is 46.8 Å². The zero-order valence-electron chi connectivity index (χ0n) is 59.4. The number of esters is 3. The lowest BCUT2D eigenvalue weighted by atomic mass is 9.82. The van der Waals surface area contributed by atoms with Gasteiger partial charge in [-0.2, -0.15) is 0 Å². The zero-order chi connectivity index (χ0) is 79.2. The van der Waals surface area contributed by atoms with E-state index in [4.69, 9.17) is 58.7 Å². The molecule has 6 aliphatic heterocycles. The Morgan fingerprint density at radius 1 is 0.609 bits per heavy atom. The SMILES string of the molecule is CCOC(=O)C1=C(CN2CC(OCC(=O)O)C(F)(F)C2)NC(c2nccs2)=N[C@@]1(C)c1ccc(F)cc1.CCOC(=O)C1=C(CN2CC(OCC(=O)O)C(F)(F)C2)NC(c2nccs2)=N[C@@]1(C)c1ccc(F)cc1.CCOC(=O)C1=C(CN2CCOCC2/C=C/C(=O)O)NC(c2nccs2)=N[C@H]1c1ccc(F)cc1Br. The molecule has 3 unspecified atom stereocenters. The third kappa shape index (κ3) is 20.2. The fourth-order valence-corrected chi connectivity index (χ4v) is 15.1. The number of aliphatic carboxylic acids is 3. The standard InChI is InChI=1S/C24H24BrFN4O5S.2C24H25F3N4O5S/c1-2-35-24(33)20-18(12-30-8-9-34-13-15(30)4-6-19(31)32)28-22(23-27-7-10-36-23)29-21(20)16-5-3-14(26)11-17(16)25;2*1-3-35-22(34)19-16(10-31-11-17(24(26,27)13-31)36-12-18(32)33)29-20(21-28-8-9-37-21)30-23(19,2)14-4-6-15(25)7-5-14/h3-7,10-11,15,21H,2,8-9,12-13H2,1H3,(H,28,29)(H,31,32);2*4-9,17H,3,10-13H2,1-2H3,(H,29,30)(H,32,33)/b6-4+;;/t15?,21-;2*17?,23-/m000/s1. The Morgan fingerprint density at radius 3 is 1.46 bits per heavy atom. The highest BCUT2D eigenvalue weighted by molar-refractivity contribution is 9.10. The first-order valence-electron chi connectivity index (χ1n) is 34.0. The fourth-order valence-electron chi connectivity index (χ4n) is 12.8. The van der Waals surface area contributed by atoms with Crippen molar-refractivity contribution in [3.63, 3.8) is 0 Å². The number of hydrogen-bond donors (Lipinski definition) is 6. The third-order valence-electron chi connectivity index (χ3n) is 17.7. The van der Waals surface area contributed by atoms with Crippen LogP contribution < -0.4 is 16.0 Å². The fraction of sp³-hybridized carbons (Fsp3) is 0.389. The molecule has 0 radical (unpaired) electrons. The maximum absolute atomic E-state index is 14.6. The smallest absolute Gasteiger partial charge is 0.338 e. The van der Waals surface area contributed by atoms with E-state index in [0.29, 0.717) is 79.1 Å². The molecule has 6 atom stereocenters. The molecular weight excluding hydrogens is 1580 g/mol. The molecule has 3 saturated heterocycles. The lowest BCUT2D eigenvalue weighted by Crippen LogP contribution is -2.48. The summed E-state index contributed by atoms with van der Waals surface area (Å²) in [6, 6.07) is 14.1. The van der Waals surface area contributed by atoms with Gasteiger partial charge in [-0.05, 0) is 87.7 Å². The number of ether oxygens (including phenoxy) is 6. The van der Waals surface area contributed by atoms with E-state index in [-0.39, 0.29) is 86.7 Å². The summed E-state index contributed by atoms with van der Waals surface area (Å²) in [4.78, 5) is 105. The largest absolute Gasteiger partial charge is 0.480 e. The predicted molar refractivity (Wildman–Crippen MR) is 391 cm³/mol. The predicted octanol–water partition coefficient (Wildman–Crippen LogP) is 8.87. The van der Waals surface area contributed by atoms with E-state index < -0.39 is 121 Å². The van der Waals surface area contributed by atoms with Gasteiger partial charge in [0, 0.05) is 102 Å². The number of nitrogens with zero attached hydrogens (tertiary/aromatic N) is 9. The summed E-state index contributed by atoms with van der Waals surface area (Å²) in [6.45, 7) is 6.22. The quantitative estimate of drug-likeness (QED) is 0.0128. The lowest BCUT2D eigenvalue weighted by Gasteiger charge is -2.36. The molecule has 3 aromatic carbocycles. The Morgan fingerprint density at radius 2 is 1.05 bits per heavy atom. The highest BCUT2D eigenvalue weighted by Gasteiger charge is 2.53. The Labute approximate surface area is 645 Å². The van der Waals surface area contributed by atoms with E-state index in [9.17, 15) is 59.5 Å². The second kappa shape index (κ2) is 36.6. The number of aromatic nitrogens is 3. The number of rotatable bonds is 26. The molecule has 586 valence electrons. The van der Waals surface area contributed by atoms with Crippen LogP contribution in [0.4, 0.5) is 30.7 Å². The molecule has 3 aromatic heterocycles. The highest BCUT2D eigenvalue weighted by atomic mass is 79.9. The first kappa shape index (κ1) is 83.0. The minimum absolute atomic E-state index is 0.0606. The maximum atomic E-state index is 14.6. The molecule has 0 bridgehead atoms. The number of likely N-dealkylation sites (tertiary alicyclic amines) is 2. The van der Waals surface area contributed by atoms with Gasteiger partial charge in [-0.1, -0.05) is 52.3 Å².